The summed E-state index contributed by atoms with van der Waals surface area (Å²) in [6.45, 7) is 20.7. The van der Waals surface area contributed by atoms with Crippen molar-refractivity contribution in [2.45, 2.75) is 115 Å². The first kappa shape index (κ1) is 38.8. The minimum atomic E-state index is -4.72. The van der Waals surface area contributed by atoms with E-state index in [0.29, 0.717) is 0 Å². The first-order valence-electron chi connectivity index (χ1n) is 15.4. The molecular formula is C29H51N5O10SSi2. The first-order valence-corrected chi connectivity index (χ1v) is 22.6. The van der Waals surface area contributed by atoms with Crippen molar-refractivity contribution in [3.63, 3.8) is 0 Å². The van der Waals surface area contributed by atoms with Crippen LogP contribution < -0.4 is 28.0 Å². The number of amides is 2. The number of carbonyl (C=O) groups excluding carboxylic acids is 2. The van der Waals surface area contributed by atoms with E-state index in [4.69, 9.17) is 29.2 Å². The molecule has 15 nitrogen and oxygen atoms in total. The minimum absolute atomic E-state index is 0.195. The first-order chi connectivity index (χ1) is 21.1. The zero-order chi connectivity index (χ0) is 36.3. The fourth-order valence-electron chi connectivity index (χ4n) is 5.04. The van der Waals surface area contributed by atoms with Crippen molar-refractivity contribution in [3.05, 3.63) is 43.2 Å². The van der Waals surface area contributed by atoms with E-state index < -0.39 is 96.8 Å². The summed E-state index contributed by atoms with van der Waals surface area (Å²) in [7, 11) is -8.82. The fraction of sp³-hybridized carbons (Fsp3) is 0.724. The molecule has 1 fully saturated rings. The number of nitrogens with zero attached hydrogens (tertiary/aromatic N) is 2. The lowest BCUT2D eigenvalue weighted by atomic mass is 9.87. The highest BCUT2D eigenvalue weighted by molar-refractivity contribution is 7.91. The lowest BCUT2D eigenvalue weighted by Crippen LogP contribution is -2.60. The van der Waals surface area contributed by atoms with Gasteiger partial charge in [-0.25, -0.2) is 8.98 Å². The number of primary amides is 2. The molecule has 4 atom stereocenters. The number of nitrogens with two attached hydrogens (primary N) is 2. The topological polar surface area (TPSA) is 213 Å². The number of nitrogens with one attached hydrogen (secondary N) is 1. The number of aryl methyl sites for hydroxylation is 1. The Bertz CT molecular complexity index is 1690. The average molecular weight is 718 g/mol. The van der Waals surface area contributed by atoms with Crippen LogP contribution in [0.2, 0.25) is 36.3 Å². The van der Waals surface area contributed by atoms with Gasteiger partial charge in [0.05, 0.1) is 25.3 Å². The summed E-state index contributed by atoms with van der Waals surface area (Å²) in [5, 5.41) is 2.12. The van der Waals surface area contributed by atoms with Gasteiger partial charge in [-0.15, -0.1) is 0 Å². The summed E-state index contributed by atoms with van der Waals surface area (Å²) in [6, 6.07) is 0. The molecule has 1 saturated heterocycles. The van der Waals surface area contributed by atoms with E-state index in [1.165, 1.54) is 24.7 Å². The third-order valence-electron chi connectivity index (χ3n) is 9.84. The Morgan fingerprint density at radius 2 is 1.57 bits per heavy atom. The molecule has 47 heavy (non-hydrogen) atoms. The van der Waals surface area contributed by atoms with Crippen LogP contribution in [0.4, 0.5) is 0 Å². The summed E-state index contributed by atoms with van der Waals surface area (Å²) in [4.78, 5) is 50.2. The molecular weight excluding hydrogens is 667 g/mol. The molecule has 0 bridgehead atoms. The zero-order valence-electron chi connectivity index (χ0n) is 29.5. The third kappa shape index (κ3) is 7.23. The van der Waals surface area contributed by atoms with E-state index in [-0.39, 0.29) is 22.9 Å². The largest absolute Gasteiger partial charge is 0.414 e. The van der Waals surface area contributed by atoms with Crippen LogP contribution in [0.25, 0.3) is 0 Å². The maximum absolute atomic E-state index is 13.9. The maximum Gasteiger partial charge on any atom is 0.332 e. The van der Waals surface area contributed by atoms with Crippen LogP contribution >= 0.6 is 0 Å². The number of hydrogen-bond donors (Lipinski definition) is 3. The van der Waals surface area contributed by atoms with Crippen LogP contribution in [0.15, 0.2) is 26.4 Å². The molecule has 5 N–H and O–H groups in total. The van der Waals surface area contributed by atoms with Crippen LogP contribution in [0.5, 0.6) is 0 Å². The van der Waals surface area contributed by atoms with E-state index in [0.717, 1.165) is 4.57 Å². The van der Waals surface area contributed by atoms with Crippen molar-refractivity contribution in [2.75, 3.05) is 13.2 Å². The molecule has 0 radical (unpaired) electrons. The predicted octanol–water partition coefficient (Wildman–Crippen LogP) is 1.43. The van der Waals surface area contributed by atoms with Gasteiger partial charge in [0.2, 0.25) is 11.8 Å². The molecule has 2 aliphatic rings. The second-order valence-corrected chi connectivity index (χ2v) is 26.5. The van der Waals surface area contributed by atoms with Crippen LogP contribution in [-0.2, 0) is 44.5 Å². The lowest BCUT2D eigenvalue weighted by molar-refractivity contribution is -0.117. The van der Waals surface area contributed by atoms with Crippen molar-refractivity contribution in [2.24, 2.45) is 18.5 Å². The van der Waals surface area contributed by atoms with Crippen molar-refractivity contribution >= 4 is 38.6 Å². The van der Waals surface area contributed by atoms with E-state index >= 15 is 0 Å². The van der Waals surface area contributed by atoms with Crippen molar-refractivity contribution in [3.8, 4) is 0 Å². The molecule has 2 aliphatic heterocycles. The summed E-state index contributed by atoms with van der Waals surface area (Å²) < 4.78 is 56.1. The highest BCUT2D eigenvalue weighted by Gasteiger charge is 2.69. The maximum atomic E-state index is 13.9. The fourth-order valence-corrected chi connectivity index (χ4v) is 8.88. The molecule has 1 aromatic rings. The molecule has 3 heterocycles. The van der Waals surface area contributed by atoms with Crippen LogP contribution in [0.3, 0.4) is 0 Å². The molecule has 2 amide bonds. The van der Waals surface area contributed by atoms with Crippen molar-refractivity contribution in [1.82, 2.24) is 14.5 Å². The number of carbonyl (C=O) groups is 2. The Morgan fingerprint density at radius 3 is 2.06 bits per heavy atom. The zero-order valence-corrected chi connectivity index (χ0v) is 32.3. The number of hydrogen-bond acceptors (Lipinski definition) is 11. The van der Waals surface area contributed by atoms with E-state index in [1.807, 2.05) is 67.7 Å². The number of ether oxygens (including phenoxy) is 1. The molecule has 1 aromatic heterocycles. The molecule has 0 saturated carbocycles. The summed E-state index contributed by atoms with van der Waals surface area (Å²) >= 11 is 0. The second-order valence-electron chi connectivity index (χ2n) is 15.3. The Balaban J connectivity index is 2.49. The summed E-state index contributed by atoms with van der Waals surface area (Å²) in [5.41, 5.74) is 7.65. The summed E-state index contributed by atoms with van der Waals surface area (Å²) in [5.74, 6) is -1.80. The Hall–Kier alpha value is -2.62. The van der Waals surface area contributed by atoms with Crippen LogP contribution in [0.1, 0.15) is 59.8 Å². The highest BCUT2D eigenvalue weighted by Crippen LogP contribution is 2.54. The predicted molar refractivity (Wildman–Crippen MR) is 181 cm³/mol. The Labute approximate surface area is 278 Å². The van der Waals surface area contributed by atoms with Crippen molar-refractivity contribution in [1.29, 1.82) is 0 Å². The molecule has 18 heteroatoms. The molecule has 266 valence electrons. The highest BCUT2D eigenvalue weighted by atomic mass is 32.2. The molecule has 1 spiro atoms. The smallest absolute Gasteiger partial charge is 0.332 e. The van der Waals surface area contributed by atoms with E-state index in [1.54, 1.807) is 0 Å². The molecule has 3 rings (SSSR count). The van der Waals surface area contributed by atoms with Gasteiger partial charge < -0.3 is 30.4 Å². The Kier molecular flexibility index (Phi) is 10.5. The summed E-state index contributed by atoms with van der Waals surface area (Å²) in [6.07, 6.45) is -3.46. The monoisotopic (exact) mass is 717 g/mol. The standard InChI is InChI=1S/C29H51N5O10SSi2/c1-17-15-34(26(38)33(8)24(17)37)25-23(43-47(11,12)28(5,6)7)29(19(42-25)16-41-46(9,10)27(2,3)4)22(32-14-21(31)36)18(13-20(30)35)45(39,40)44-29/h15,19,23,25,32H,13-14,16H2,1-12H3,(H2,30,35)(H2,31,36)/t19-,23+,25-,29+/m1/s1. The van der Waals surface area contributed by atoms with Gasteiger partial charge in [0, 0.05) is 18.8 Å². The SMILES string of the molecule is Cc1cn([C@@H]2O[C@H](CO[Si](C)(C)C(C)(C)C)[C@@]3(OS(=O)(=O)C(CC(N)=O)=C3NCC(N)=O)[C@H]2O[Si](C)(C)C(C)(C)C)c(=O)n(C)c1=O. The Morgan fingerprint density at radius 1 is 1.02 bits per heavy atom. The average Bonchev–Trinajstić information content (AvgIpc) is 3.30. The third-order valence-corrected chi connectivity index (χ3v) is 20.2. The van der Waals surface area contributed by atoms with Gasteiger partial charge in [0.1, 0.15) is 17.1 Å². The normalized spacial score (nSPS) is 25.1. The van der Waals surface area contributed by atoms with Gasteiger partial charge in [0.15, 0.2) is 28.5 Å². The molecule has 0 unspecified atom stereocenters. The lowest BCUT2D eigenvalue weighted by Gasteiger charge is -2.44. The van der Waals surface area contributed by atoms with Gasteiger partial charge in [0.25, 0.3) is 15.7 Å². The minimum Gasteiger partial charge on any atom is -0.414 e. The molecule has 0 aromatic carbocycles. The van der Waals surface area contributed by atoms with Gasteiger partial charge in [-0.1, -0.05) is 41.5 Å². The number of aromatic nitrogens is 2. The van der Waals surface area contributed by atoms with Crippen molar-refractivity contribution < 1.29 is 35.8 Å². The van der Waals surface area contributed by atoms with Crippen LogP contribution in [-0.4, -0.2) is 77.0 Å². The number of rotatable bonds is 11. The van der Waals surface area contributed by atoms with E-state index in [2.05, 4.69) is 5.32 Å². The molecule has 0 aliphatic carbocycles. The second kappa shape index (κ2) is 12.7. The van der Waals surface area contributed by atoms with Gasteiger partial charge in [-0.05, 0) is 43.2 Å². The quantitative estimate of drug-likeness (QED) is 0.220. The van der Waals surface area contributed by atoms with E-state index in [9.17, 15) is 27.6 Å². The van der Waals surface area contributed by atoms with Gasteiger partial charge >= 0.3 is 5.69 Å². The van der Waals surface area contributed by atoms with Gasteiger partial charge in [-0.2, -0.15) is 8.42 Å². The van der Waals surface area contributed by atoms with Crippen LogP contribution in [0, 0.1) is 6.92 Å². The van der Waals surface area contributed by atoms with Gasteiger partial charge in [-0.3, -0.25) is 23.5 Å².